The fraction of sp³-hybridized carbons (Fsp3) is 0.632. The summed E-state index contributed by atoms with van der Waals surface area (Å²) in [5, 5.41) is 14.2. The highest BCUT2D eigenvalue weighted by Gasteiger charge is 2.37. The molecule has 0 bridgehead atoms. The van der Waals surface area contributed by atoms with Gasteiger partial charge >= 0.3 is 6.09 Å². The summed E-state index contributed by atoms with van der Waals surface area (Å²) >= 11 is 0. The Bertz CT molecular complexity index is 928. The highest BCUT2D eigenvalue weighted by Crippen LogP contribution is 2.37. The predicted octanol–water partition coefficient (Wildman–Crippen LogP) is 3.75. The van der Waals surface area contributed by atoms with E-state index in [4.69, 9.17) is 4.43 Å². The van der Waals surface area contributed by atoms with Gasteiger partial charge in [-0.2, -0.15) is 5.10 Å². The maximum absolute atomic E-state index is 12.1. The van der Waals surface area contributed by atoms with E-state index in [9.17, 15) is 14.7 Å². The molecule has 0 spiro atoms. The Morgan fingerprint density at radius 1 is 1.36 bits per heavy atom. The molecule has 0 radical (unpaired) electrons. The van der Waals surface area contributed by atoms with Gasteiger partial charge in [0, 0.05) is 18.7 Å². The molecular weight excluding hydrogens is 376 g/mol. The van der Waals surface area contributed by atoms with Crippen molar-refractivity contribution in [2.45, 2.75) is 70.8 Å². The zero-order valence-electron chi connectivity index (χ0n) is 17.3. The van der Waals surface area contributed by atoms with E-state index in [1.807, 2.05) is 0 Å². The predicted molar refractivity (Wildman–Crippen MR) is 109 cm³/mol. The molecule has 2 aromatic heterocycles. The van der Waals surface area contributed by atoms with Gasteiger partial charge in [-0.3, -0.25) is 9.69 Å². The van der Waals surface area contributed by atoms with Crippen LogP contribution in [0.5, 0.6) is 0 Å². The van der Waals surface area contributed by atoms with Crippen molar-refractivity contribution in [1.82, 2.24) is 19.5 Å². The average Bonchev–Trinajstić information content (AvgIpc) is 3.02. The van der Waals surface area contributed by atoms with Crippen LogP contribution in [-0.4, -0.2) is 45.6 Å². The van der Waals surface area contributed by atoms with Crippen LogP contribution in [-0.2, 0) is 11.0 Å². The zero-order valence-corrected chi connectivity index (χ0v) is 18.3. The van der Waals surface area contributed by atoms with Gasteiger partial charge in [0.2, 0.25) is 0 Å². The summed E-state index contributed by atoms with van der Waals surface area (Å²) in [7, 11) is -1.98. The molecule has 28 heavy (non-hydrogen) atoms. The number of amides is 1. The summed E-state index contributed by atoms with van der Waals surface area (Å²) in [5.74, 6) is 0. The van der Waals surface area contributed by atoms with Crippen LogP contribution < -0.4 is 5.56 Å². The topological polar surface area (TPSA) is 99.9 Å². The summed E-state index contributed by atoms with van der Waals surface area (Å²) < 4.78 is 7.96. The van der Waals surface area contributed by atoms with E-state index in [1.54, 1.807) is 10.6 Å². The number of carboxylic acid groups (broad SMARTS) is 1. The SMILES string of the molecule is CC(C)(C)[Si](C)(C)OCc1cc(=O)[nH]c2cc([C@@H]3CCCCN3C(=O)O)nn12. The summed E-state index contributed by atoms with van der Waals surface area (Å²) in [4.78, 5) is 28.0. The summed E-state index contributed by atoms with van der Waals surface area (Å²) in [6, 6.07) is 3.00. The minimum atomic E-state index is -1.98. The van der Waals surface area contributed by atoms with Gasteiger partial charge in [-0.05, 0) is 37.4 Å². The Morgan fingerprint density at radius 2 is 2.07 bits per heavy atom. The number of carbonyl (C=O) groups is 1. The number of rotatable bonds is 4. The lowest BCUT2D eigenvalue weighted by Gasteiger charge is -2.36. The third-order valence-corrected chi connectivity index (χ3v) is 10.5. The second-order valence-corrected chi connectivity index (χ2v) is 13.8. The van der Waals surface area contributed by atoms with Crippen molar-refractivity contribution in [2.24, 2.45) is 0 Å². The highest BCUT2D eigenvalue weighted by atomic mass is 28.4. The summed E-state index contributed by atoms with van der Waals surface area (Å²) in [6.45, 7) is 11.6. The standard InChI is InChI=1S/C19H30N4O4Si/c1-19(2,3)28(4,5)27-12-13-10-17(24)20-16-11-14(21-23(13)16)15-8-6-7-9-22(15)18(25)26/h10-11,15H,6-9,12H2,1-5H3,(H,20,24)(H,25,26)/t15-/m0/s1. The average molecular weight is 407 g/mol. The van der Waals surface area contributed by atoms with Crippen LogP contribution in [0.2, 0.25) is 18.1 Å². The molecule has 2 N–H and O–H groups in total. The molecule has 1 aliphatic rings. The molecule has 1 aliphatic heterocycles. The maximum atomic E-state index is 12.1. The van der Waals surface area contributed by atoms with Crippen LogP contribution in [0.3, 0.4) is 0 Å². The first-order chi connectivity index (χ1) is 13.0. The highest BCUT2D eigenvalue weighted by molar-refractivity contribution is 6.74. The van der Waals surface area contributed by atoms with Crippen LogP contribution in [0.1, 0.15) is 57.5 Å². The third-order valence-electron chi connectivity index (χ3n) is 6.03. The lowest BCUT2D eigenvalue weighted by molar-refractivity contribution is 0.105. The molecule has 3 rings (SSSR count). The molecule has 1 saturated heterocycles. The lowest BCUT2D eigenvalue weighted by Crippen LogP contribution is -2.40. The number of aromatic amines is 1. The van der Waals surface area contributed by atoms with Gasteiger partial charge in [-0.15, -0.1) is 0 Å². The fourth-order valence-corrected chi connectivity index (χ4v) is 4.23. The van der Waals surface area contributed by atoms with Gasteiger partial charge in [-0.25, -0.2) is 9.31 Å². The van der Waals surface area contributed by atoms with E-state index in [0.717, 1.165) is 19.3 Å². The second-order valence-electron chi connectivity index (χ2n) is 9.03. The van der Waals surface area contributed by atoms with Gasteiger partial charge in [0.1, 0.15) is 5.65 Å². The molecule has 1 amide bonds. The Kier molecular flexibility index (Phi) is 5.41. The van der Waals surface area contributed by atoms with Crippen molar-refractivity contribution in [2.75, 3.05) is 6.54 Å². The summed E-state index contributed by atoms with van der Waals surface area (Å²) in [5.41, 5.74) is 1.68. The number of nitrogens with one attached hydrogen (secondary N) is 1. The van der Waals surface area contributed by atoms with Gasteiger partial charge in [0.05, 0.1) is 24.0 Å². The smallest absolute Gasteiger partial charge is 0.407 e. The van der Waals surface area contributed by atoms with E-state index >= 15 is 0 Å². The molecule has 2 aromatic rings. The molecule has 0 aromatic carbocycles. The Morgan fingerprint density at radius 3 is 2.71 bits per heavy atom. The van der Waals surface area contributed by atoms with Crippen molar-refractivity contribution in [3.8, 4) is 0 Å². The van der Waals surface area contributed by atoms with Crippen molar-refractivity contribution in [3.05, 3.63) is 33.9 Å². The van der Waals surface area contributed by atoms with Gasteiger partial charge in [-0.1, -0.05) is 20.8 Å². The Labute approximate surface area is 165 Å². The zero-order chi connectivity index (χ0) is 20.7. The number of hydrogen-bond acceptors (Lipinski definition) is 4. The lowest BCUT2D eigenvalue weighted by atomic mass is 10.00. The quantitative estimate of drug-likeness (QED) is 0.753. The van der Waals surface area contributed by atoms with E-state index in [2.05, 4.69) is 43.9 Å². The van der Waals surface area contributed by atoms with Crippen LogP contribution in [0.15, 0.2) is 16.9 Å². The van der Waals surface area contributed by atoms with Crippen LogP contribution in [0, 0.1) is 0 Å². The van der Waals surface area contributed by atoms with Crippen molar-refractivity contribution >= 4 is 20.1 Å². The van der Waals surface area contributed by atoms with Crippen LogP contribution in [0.25, 0.3) is 5.65 Å². The van der Waals surface area contributed by atoms with E-state index in [1.165, 1.54) is 11.0 Å². The molecular formula is C19H30N4O4Si. The number of aromatic nitrogens is 3. The molecule has 9 heteroatoms. The molecule has 154 valence electrons. The van der Waals surface area contributed by atoms with Crippen molar-refractivity contribution in [3.63, 3.8) is 0 Å². The molecule has 1 atom stereocenters. The molecule has 8 nitrogen and oxygen atoms in total. The molecule has 0 saturated carbocycles. The Balaban J connectivity index is 1.95. The number of piperidine rings is 1. The second kappa shape index (κ2) is 7.36. The number of likely N-dealkylation sites (tertiary alicyclic amines) is 1. The molecule has 3 heterocycles. The van der Waals surface area contributed by atoms with E-state index < -0.39 is 14.4 Å². The first kappa shape index (κ1) is 20.6. The number of hydrogen-bond donors (Lipinski definition) is 2. The van der Waals surface area contributed by atoms with Crippen molar-refractivity contribution < 1.29 is 14.3 Å². The summed E-state index contributed by atoms with van der Waals surface area (Å²) in [6.07, 6.45) is 1.62. The number of nitrogens with zero attached hydrogens (tertiary/aromatic N) is 3. The van der Waals surface area contributed by atoms with Gasteiger partial charge < -0.3 is 14.5 Å². The van der Waals surface area contributed by atoms with Crippen molar-refractivity contribution in [1.29, 1.82) is 0 Å². The molecule has 0 aliphatic carbocycles. The van der Waals surface area contributed by atoms with E-state index in [-0.39, 0.29) is 16.6 Å². The monoisotopic (exact) mass is 406 g/mol. The first-order valence-electron chi connectivity index (χ1n) is 9.75. The normalized spacial score (nSPS) is 18.6. The van der Waals surface area contributed by atoms with Crippen LogP contribution >= 0.6 is 0 Å². The van der Waals surface area contributed by atoms with Gasteiger partial charge in [0.25, 0.3) is 5.56 Å². The first-order valence-corrected chi connectivity index (χ1v) is 12.7. The number of fused-ring (bicyclic) bond motifs is 1. The fourth-order valence-electron chi connectivity index (χ4n) is 3.29. The molecule has 0 unspecified atom stereocenters. The van der Waals surface area contributed by atoms with Crippen LogP contribution in [0.4, 0.5) is 4.79 Å². The van der Waals surface area contributed by atoms with E-state index in [0.29, 0.717) is 30.2 Å². The largest absolute Gasteiger partial charge is 0.465 e. The minimum absolute atomic E-state index is 0.0622. The Hall–Kier alpha value is -2.13. The maximum Gasteiger partial charge on any atom is 0.407 e. The molecule has 1 fully saturated rings. The van der Waals surface area contributed by atoms with Gasteiger partial charge in [0.15, 0.2) is 8.32 Å². The minimum Gasteiger partial charge on any atom is -0.465 e. The third kappa shape index (κ3) is 4.00. The number of H-pyrrole nitrogens is 1.